The maximum atomic E-state index is 5.72. The Morgan fingerprint density at radius 2 is 2.00 bits per heavy atom. The van der Waals surface area contributed by atoms with Crippen molar-refractivity contribution in [2.75, 3.05) is 6.54 Å². The second-order valence-electron chi connectivity index (χ2n) is 4.48. The van der Waals surface area contributed by atoms with Crippen LogP contribution in [0.1, 0.15) is 31.0 Å². The molecule has 0 fully saturated rings. The first-order valence-corrected chi connectivity index (χ1v) is 6.65. The van der Waals surface area contributed by atoms with Crippen molar-refractivity contribution in [1.29, 1.82) is 0 Å². The SMILES string of the molecule is CCNC(C)c1ccnc(OCc2ccccc2)c1. The first-order valence-electron chi connectivity index (χ1n) is 6.65. The highest BCUT2D eigenvalue weighted by molar-refractivity contribution is 5.24. The maximum Gasteiger partial charge on any atom is 0.213 e. The van der Waals surface area contributed by atoms with Crippen LogP contribution in [0.2, 0.25) is 0 Å². The third kappa shape index (κ3) is 4.07. The lowest BCUT2D eigenvalue weighted by molar-refractivity contribution is 0.293. The van der Waals surface area contributed by atoms with Crippen LogP contribution in [0.5, 0.6) is 5.88 Å². The van der Waals surface area contributed by atoms with Crippen LogP contribution in [0.25, 0.3) is 0 Å². The minimum absolute atomic E-state index is 0.312. The molecule has 0 spiro atoms. The fourth-order valence-corrected chi connectivity index (χ4v) is 1.93. The zero-order valence-electron chi connectivity index (χ0n) is 11.5. The van der Waals surface area contributed by atoms with E-state index in [4.69, 9.17) is 4.74 Å². The van der Waals surface area contributed by atoms with E-state index in [1.54, 1.807) is 6.20 Å². The largest absolute Gasteiger partial charge is 0.473 e. The van der Waals surface area contributed by atoms with E-state index in [1.165, 1.54) is 5.56 Å². The average molecular weight is 256 g/mol. The Morgan fingerprint density at radius 3 is 2.74 bits per heavy atom. The van der Waals surface area contributed by atoms with Crippen LogP contribution < -0.4 is 10.1 Å². The summed E-state index contributed by atoms with van der Waals surface area (Å²) >= 11 is 0. The molecule has 2 rings (SSSR count). The molecule has 1 heterocycles. The van der Waals surface area contributed by atoms with Gasteiger partial charge in [-0.15, -0.1) is 0 Å². The van der Waals surface area contributed by atoms with Gasteiger partial charge in [0.1, 0.15) is 6.61 Å². The molecule has 1 aromatic carbocycles. The fraction of sp³-hybridized carbons (Fsp3) is 0.312. The van der Waals surface area contributed by atoms with Gasteiger partial charge in [0.15, 0.2) is 0 Å². The minimum Gasteiger partial charge on any atom is -0.473 e. The number of pyridine rings is 1. The molecule has 1 N–H and O–H groups in total. The molecule has 2 aromatic rings. The molecule has 0 amide bonds. The molecule has 1 unspecified atom stereocenters. The van der Waals surface area contributed by atoms with Gasteiger partial charge in [-0.3, -0.25) is 0 Å². The zero-order valence-corrected chi connectivity index (χ0v) is 11.5. The summed E-state index contributed by atoms with van der Waals surface area (Å²) in [7, 11) is 0. The fourth-order valence-electron chi connectivity index (χ4n) is 1.93. The Bertz CT molecular complexity index is 499. The maximum absolute atomic E-state index is 5.72. The van der Waals surface area contributed by atoms with E-state index in [0.29, 0.717) is 18.5 Å². The molecule has 100 valence electrons. The standard InChI is InChI=1S/C16H20N2O/c1-3-17-13(2)15-9-10-18-16(11-15)19-12-14-7-5-4-6-8-14/h4-11,13,17H,3,12H2,1-2H3. The van der Waals surface area contributed by atoms with Crippen molar-refractivity contribution in [3.05, 3.63) is 59.8 Å². The molecule has 1 aromatic heterocycles. The molecule has 0 saturated heterocycles. The quantitative estimate of drug-likeness (QED) is 0.860. The number of hydrogen-bond donors (Lipinski definition) is 1. The monoisotopic (exact) mass is 256 g/mol. The summed E-state index contributed by atoms with van der Waals surface area (Å²) in [5.74, 6) is 0.672. The van der Waals surface area contributed by atoms with Gasteiger partial charge in [0, 0.05) is 18.3 Å². The van der Waals surface area contributed by atoms with Crippen LogP contribution in [0.15, 0.2) is 48.7 Å². The normalized spacial score (nSPS) is 12.1. The number of ether oxygens (including phenoxy) is 1. The van der Waals surface area contributed by atoms with Gasteiger partial charge in [-0.2, -0.15) is 0 Å². The van der Waals surface area contributed by atoms with Gasteiger partial charge in [-0.05, 0) is 30.7 Å². The summed E-state index contributed by atoms with van der Waals surface area (Å²) in [6.07, 6.45) is 1.80. The lowest BCUT2D eigenvalue weighted by Gasteiger charge is -2.13. The summed E-state index contributed by atoms with van der Waals surface area (Å²) in [6, 6.07) is 14.4. The van der Waals surface area contributed by atoms with Crippen molar-refractivity contribution < 1.29 is 4.74 Å². The molecule has 0 aliphatic rings. The van der Waals surface area contributed by atoms with Crippen molar-refractivity contribution in [2.45, 2.75) is 26.5 Å². The highest BCUT2D eigenvalue weighted by atomic mass is 16.5. The van der Waals surface area contributed by atoms with E-state index in [1.807, 2.05) is 42.5 Å². The van der Waals surface area contributed by atoms with Gasteiger partial charge in [0.05, 0.1) is 0 Å². The summed E-state index contributed by atoms with van der Waals surface area (Å²) in [6.45, 7) is 5.74. The molecule has 19 heavy (non-hydrogen) atoms. The number of rotatable bonds is 6. The van der Waals surface area contributed by atoms with Crippen LogP contribution in [-0.2, 0) is 6.61 Å². The predicted molar refractivity (Wildman–Crippen MR) is 77.1 cm³/mol. The number of nitrogens with one attached hydrogen (secondary N) is 1. The van der Waals surface area contributed by atoms with Crippen molar-refractivity contribution in [1.82, 2.24) is 10.3 Å². The summed E-state index contributed by atoms with van der Waals surface area (Å²) in [5, 5.41) is 3.38. The Balaban J connectivity index is 1.99. The molecule has 0 bridgehead atoms. The lowest BCUT2D eigenvalue weighted by atomic mass is 10.1. The third-order valence-corrected chi connectivity index (χ3v) is 3.00. The Kier molecular flexibility index (Phi) is 4.93. The molecular weight excluding hydrogens is 236 g/mol. The number of benzene rings is 1. The molecule has 3 heteroatoms. The summed E-state index contributed by atoms with van der Waals surface area (Å²) < 4.78 is 5.72. The first kappa shape index (κ1) is 13.6. The molecule has 1 atom stereocenters. The second-order valence-corrected chi connectivity index (χ2v) is 4.48. The summed E-state index contributed by atoms with van der Waals surface area (Å²) in [4.78, 5) is 4.25. The van der Waals surface area contributed by atoms with E-state index in [0.717, 1.165) is 12.1 Å². The van der Waals surface area contributed by atoms with Gasteiger partial charge in [-0.1, -0.05) is 37.3 Å². The van der Waals surface area contributed by atoms with Crippen molar-refractivity contribution >= 4 is 0 Å². The topological polar surface area (TPSA) is 34.2 Å². The molecule has 0 saturated carbocycles. The third-order valence-electron chi connectivity index (χ3n) is 3.00. The minimum atomic E-state index is 0.312. The smallest absolute Gasteiger partial charge is 0.213 e. The molecular formula is C16H20N2O. The van der Waals surface area contributed by atoms with E-state index < -0.39 is 0 Å². The average Bonchev–Trinajstić information content (AvgIpc) is 2.47. The van der Waals surface area contributed by atoms with Crippen LogP contribution in [0, 0.1) is 0 Å². The molecule has 0 aliphatic heterocycles. The molecule has 3 nitrogen and oxygen atoms in total. The van der Waals surface area contributed by atoms with Gasteiger partial charge in [-0.25, -0.2) is 4.98 Å². The highest BCUT2D eigenvalue weighted by Gasteiger charge is 2.05. The van der Waals surface area contributed by atoms with Crippen LogP contribution in [0.4, 0.5) is 0 Å². The molecule has 0 radical (unpaired) electrons. The van der Waals surface area contributed by atoms with Crippen LogP contribution in [0.3, 0.4) is 0 Å². The first-order chi connectivity index (χ1) is 9.29. The molecule has 0 aliphatic carbocycles. The van der Waals surface area contributed by atoms with Gasteiger partial charge in [0.25, 0.3) is 0 Å². The van der Waals surface area contributed by atoms with Gasteiger partial charge < -0.3 is 10.1 Å². The van der Waals surface area contributed by atoms with Crippen molar-refractivity contribution in [3.63, 3.8) is 0 Å². The van der Waals surface area contributed by atoms with Gasteiger partial charge >= 0.3 is 0 Å². The Hall–Kier alpha value is -1.87. The van der Waals surface area contributed by atoms with Crippen molar-refractivity contribution in [2.24, 2.45) is 0 Å². The Morgan fingerprint density at radius 1 is 1.21 bits per heavy atom. The second kappa shape index (κ2) is 6.90. The predicted octanol–water partition coefficient (Wildman–Crippen LogP) is 3.33. The zero-order chi connectivity index (χ0) is 13.5. The van der Waals surface area contributed by atoms with Gasteiger partial charge in [0.2, 0.25) is 5.88 Å². The Labute approximate surface area is 114 Å². The van der Waals surface area contributed by atoms with E-state index >= 15 is 0 Å². The van der Waals surface area contributed by atoms with Crippen LogP contribution in [-0.4, -0.2) is 11.5 Å². The highest BCUT2D eigenvalue weighted by Crippen LogP contribution is 2.17. The number of nitrogens with zero attached hydrogens (tertiary/aromatic N) is 1. The number of hydrogen-bond acceptors (Lipinski definition) is 3. The summed E-state index contributed by atoms with van der Waals surface area (Å²) in [5.41, 5.74) is 2.34. The van der Waals surface area contributed by atoms with E-state index in [2.05, 4.69) is 24.1 Å². The van der Waals surface area contributed by atoms with E-state index in [-0.39, 0.29) is 0 Å². The number of aromatic nitrogens is 1. The van der Waals surface area contributed by atoms with E-state index in [9.17, 15) is 0 Å². The van der Waals surface area contributed by atoms with Crippen molar-refractivity contribution in [3.8, 4) is 5.88 Å². The lowest BCUT2D eigenvalue weighted by Crippen LogP contribution is -2.17. The van der Waals surface area contributed by atoms with Crippen LogP contribution >= 0.6 is 0 Å².